The standard InChI is InChI=1S/C14H16N6/c1-11-5-3-6-13(18-11)20-14(15-10-17-20)9-12(2)19-8-4-7-16-19/h3-8,10,12H,9H2,1-2H3. The molecule has 3 rings (SSSR count). The van der Waals surface area contributed by atoms with Crippen LogP contribution in [0.3, 0.4) is 0 Å². The van der Waals surface area contributed by atoms with Gasteiger partial charge in [-0.25, -0.2) is 9.97 Å². The Morgan fingerprint density at radius 1 is 1.20 bits per heavy atom. The van der Waals surface area contributed by atoms with E-state index < -0.39 is 0 Å². The average Bonchev–Trinajstić information content (AvgIpc) is 3.09. The second-order valence-corrected chi connectivity index (χ2v) is 4.76. The van der Waals surface area contributed by atoms with Gasteiger partial charge >= 0.3 is 0 Å². The van der Waals surface area contributed by atoms with Crippen molar-refractivity contribution in [3.63, 3.8) is 0 Å². The second kappa shape index (κ2) is 5.24. The molecule has 0 aliphatic rings. The van der Waals surface area contributed by atoms with Gasteiger partial charge in [-0.1, -0.05) is 6.07 Å². The smallest absolute Gasteiger partial charge is 0.155 e. The zero-order chi connectivity index (χ0) is 13.9. The average molecular weight is 268 g/mol. The number of hydrogen-bond donors (Lipinski definition) is 0. The molecule has 3 aromatic rings. The first-order chi connectivity index (χ1) is 9.74. The molecule has 6 nitrogen and oxygen atoms in total. The van der Waals surface area contributed by atoms with Gasteiger partial charge in [0.05, 0.1) is 6.04 Å². The van der Waals surface area contributed by atoms with E-state index in [1.165, 1.54) is 0 Å². The van der Waals surface area contributed by atoms with Crippen molar-refractivity contribution in [3.8, 4) is 5.82 Å². The number of aromatic nitrogens is 6. The Morgan fingerprint density at radius 2 is 2.10 bits per heavy atom. The fourth-order valence-electron chi connectivity index (χ4n) is 2.14. The van der Waals surface area contributed by atoms with Crippen molar-refractivity contribution in [1.82, 2.24) is 29.5 Å². The van der Waals surface area contributed by atoms with Crippen molar-refractivity contribution in [2.24, 2.45) is 0 Å². The molecule has 0 N–H and O–H groups in total. The highest BCUT2D eigenvalue weighted by molar-refractivity contribution is 5.24. The van der Waals surface area contributed by atoms with Gasteiger partial charge in [-0.2, -0.15) is 14.9 Å². The van der Waals surface area contributed by atoms with Crippen LogP contribution in [0.25, 0.3) is 5.82 Å². The number of nitrogens with zero attached hydrogens (tertiary/aromatic N) is 6. The lowest BCUT2D eigenvalue weighted by molar-refractivity contribution is 0.473. The molecule has 0 saturated carbocycles. The largest absolute Gasteiger partial charge is 0.270 e. The molecule has 3 aromatic heterocycles. The van der Waals surface area contributed by atoms with Crippen LogP contribution < -0.4 is 0 Å². The Kier molecular flexibility index (Phi) is 3.28. The number of rotatable bonds is 4. The molecule has 0 aliphatic heterocycles. The quantitative estimate of drug-likeness (QED) is 0.725. The van der Waals surface area contributed by atoms with Gasteiger partial charge < -0.3 is 0 Å². The van der Waals surface area contributed by atoms with Crippen molar-refractivity contribution in [3.05, 3.63) is 54.5 Å². The SMILES string of the molecule is Cc1cccc(-n2ncnc2CC(C)n2cccn2)n1. The Labute approximate surface area is 117 Å². The monoisotopic (exact) mass is 268 g/mol. The van der Waals surface area contributed by atoms with Crippen LogP contribution in [0.2, 0.25) is 0 Å². The summed E-state index contributed by atoms with van der Waals surface area (Å²) in [5, 5.41) is 8.53. The fraction of sp³-hybridized carbons (Fsp3) is 0.286. The maximum atomic E-state index is 4.48. The van der Waals surface area contributed by atoms with Gasteiger partial charge in [-0.15, -0.1) is 0 Å². The van der Waals surface area contributed by atoms with Crippen LogP contribution in [0.1, 0.15) is 24.5 Å². The third-order valence-corrected chi connectivity index (χ3v) is 3.16. The molecule has 3 heterocycles. The molecule has 0 spiro atoms. The molecule has 1 atom stereocenters. The molecule has 0 aliphatic carbocycles. The van der Waals surface area contributed by atoms with E-state index in [9.17, 15) is 0 Å². The van der Waals surface area contributed by atoms with E-state index in [0.717, 1.165) is 23.8 Å². The predicted octanol–water partition coefficient (Wildman–Crippen LogP) is 1.97. The first-order valence-corrected chi connectivity index (χ1v) is 6.56. The summed E-state index contributed by atoms with van der Waals surface area (Å²) >= 11 is 0. The maximum Gasteiger partial charge on any atom is 0.155 e. The summed E-state index contributed by atoms with van der Waals surface area (Å²) in [5.41, 5.74) is 0.962. The van der Waals surface area contributed by atoms with Gasteiger partial charge in [-0.05, 0) is 32.0 Å². The maximum absolute atomic E-state index is 4.48. The van der Waals surface area contributed by atoms with Gasteiger partial charge in [0.2, 0.25) is 0 Å². The lowest BCUT2D eigenvalue weighted by atomic mass is 10.2. The summed E-state index contributed by atoms with van der Waals surface area (Å²) < 4.78 is 3.70. The Morgan fingerprint density at radius 3 is 2.85 bits per heavy atom. The summed E-state index contributed by atoms with van der Waals surface area (Å²) in [6, 6.07) is 8.01. The van der Waals surface area contributed by atoms with Crippen LogP contribution in [0.15, 0.2) is 43.0 Å². The minimum Gasteiger partial charge on any atom is -0.270 e. The van der Waals surface area contributed by atoms with Crippen molar-refractivity contribution >= 4 is 0 Å². The van der Waals surface area contributed by atoms with Crippen molar-refractivity contribution in [2.75, 3.05) is 0 Å². The van der Waals surface area contributed by atoms with Crippen molar-refractivity contribution in [2.45, 2.75) is 26.3 Å². The van der Waals surface area contributed by atoms with E-state index >= 15 is 0 Å². The fourth-order valence-corrected chi connectivity index (χ4v) is 2.14. The topological polar surface area (TPSA) is 61.4 Å². The minimum absolute atomic E-state index is 0.220. The van der Waals surface area contributed by atoms with E-state index in [1.807, 2.05) is 42.1 Å². The molecule has 0 saturated heterocycles. The van der Waals surface area contributed by atoms with E-state index in [-0.39, 0.29) is 6.04 Å². The van der Waals surface area contributed by atoms with E-state index in [0.29, 0.717) is 0 Å². The van der Waals surface area contributed by atoms with Crippen LogP contribution in [0.4, 0.5) is 0 Å². The van der Waals surface area contributed by atoms with Crippen LogP contribution in [0, 0.1) is 6.92 Å². The Balaban J connectivity index is 1.87. The van der Waals surface area contributed by atoms with E-state index in [2.05, 4.69) is 27.1 Å². The molecule has 0 amide bonds. The van der Waals surface area contributed by atoms with Gasteiger partial charge in [0, 0.05) is 24.5 Å². The highest BCUT2D eigenvalue weighted by atomic mass is 15.4. The lowest BCUT2D eigenvalue weighted by Gasteiger charge is -2.12. The molecule has 1 unspecified atom stereocenters. The van der Waals surface area contributed by atoms with Gasteiger partial charge in [0.1, 0.15) is 12.2 Å². The number of hydrogen-bond acceptors (Lipinski definition) is 4. The third kappa shape index (κ3) is 2.45. The Hall–Kier alpha value is -2.50. The summed E-state index contributed by atoms with van der Waals surface area (Å²) in [6.07, 6.45) is 6.05. The summed E-state index contributed by atoms with van der Waals surface area (Å²) in [7, 11) is 0. The number of pyridine rings is 1. The first kappa shape index (κ1) is 12.5. The van der Waals surface area contributed by atoms with E-state index in [1.54, 1.807) is 17.2 Å². The molecule has 6 heteroatoms. The molecular weight excluding hydrogens is 252 g/mol. The molecule has 20 heavy (non-hydrogen) atoms. The highest BCUT2D eigenvalue weighted by Crippen LogP contribution is 2.13. The molecular formula is C14H16N6. The van der Waals surface area contributed by atoms with Crippen LogP contribution >= 0.6 is 0 Å². The molecule has 0 bridgehead atoms. The normalized spacial score (nSPS) is 12.5. The Bertz CT molecular complexity index is 685. The first-order valence-electron chi connectivity index (χ1n) is 6.56. The highest BCUT2D eigenvalue weighted by Gasteiger charge is 2.13. The molecule has 0 fully saturated rings. The number of aryl methyl sites for hydroxylation is 1. The van der Waals surface area contributed by atoms with Crippen LogP contribution in [-0.4, -0.2) is 29.5 Å². The second-order valence-electron chi connectivity index (χ2n) is 4.76. The predicted molar refractivity (Wildman–Crippen MR) is 74.5 cm³/mol. The third-order valence-electron chi connectivity index (χ3n) is 3.16. The summed E-state index contributed by atoms with van der Waals surface area (Å²) in [6.45, 7) is 4.07. The van der Waals surface area contributed by atoms with Gasteiger partial charge in [0.15, 0.2) is 5.82 Å². The molecule has 0 aromatic carbocycles. The summed E-state index contributed by atoms with van der Waals surface area (Å²) in [5.74, 6) is 1.68. The van der Waals surface area contributed by atoms with Crippen LogP contribution in [-0.2, 0) is 6.42 Å². The zero-order valence-corrected chi connectivity index (χ0v) is 11.5. The van der Waals surface area contributed by atoms with Crippen molar-refractivity contribution < 1.29 is 0 Å². The van der Waals surface area contributed by atoms with Gasteiger partial charge in [-0.3, -0.25) is 4.68 Å². The molecule has 0 radical (unpaired) electrons. The lowest BCUT2D eigenvalue weighted by Crippen LogP contribution is -2.13. The molecule has 102 valence electrons. The van der Waals surface area contributed by atoms with Crippen molar-refractivity contribution in [1.29, 1.82) is 0 Å². The van der Waals surface area contributed by atoms with Crippen LogP contribution in [0.5, 0.6) is 0 Å². The van der Waals surface area contributed by atoms with Gasteiger partial charge in [0.25, 0.3) is 0 Å². The minimum atomic E-state index is 0.220. The zero-order valence-electron chi connectivity index (χ0n) is 11.5. The summed E-state index contributed by atoms with van der Waals surface area (Å²) in [4.78, 5) is 8.83. The van der Waals surface area contributed by atoms with E-state index in [4.69, 9.17) is 0 Å².